The zero-order valence-electron chi connectivity index (χ0n) is 14.9. The topological polar surface area (TPSA) is 87.4 Å². The van der Waals surface area contributed by atoms with Gasteiger partial charge in [0.2, 0.25) is 5.76 Å². The van der Waals surface area contributed by atoms with Crippen LogP contribution >= 0.6 is 0 Å². The molecule has 8 heteroatoms. The number of piperidine rings is 1. The van der Waals surface area contributed by atoms with E-state index in [2.05, 4.69) is 15.0 Å². The molecule has 0 spiro atoms. The van der Waals surface area contributed by atoms with Gasteiger partial charge in [-0.15, -0.1) is 0 Å². The molecule has 2 aliphatic rings. The summed E-state index contributed by atoms with van der Waals surface area (Å²) in [6, 6.07) is 10.0. The number of H-pyrrole nitrogens is 1. The Labute approximate surface area is 155 Å². The third kappa shape index (κ3) is 2.76. The first-order valence-corrected chi connectivity index (χ1v) is 9.34. The van der Waals surface area contributed by atoms with Crippen molar-refractivity contribution >= 4 is 16.9 Å². The second-order valence-corrected chi connectivity index (χ2v) is 7.33. The van der Waals surface area contributed by atoms with E-state index in [1.165, 1.54) is 6.20 Å². The van der Waals surface area contributed by atoms with E-state index in [1.54, 1.807) is 11.0 Å². The molecule has 27 heavy (non-hydrogen) atoms. The van der Waals surface area contributed by atoms with Crippen LogP contribution in [0.5, 0.6) is 0 Å². The van der Waals surface area contributed by atoms with Gasteiger partial charge in [0.15, 0.2) is 0 Å². The normalized spacial score (nSPS) is 19.5. The molecule has 2 aromatic heterocycles. The number of hydrogen-bond donors (Lipinski definition) is 1. The van der Waals surface area contributed by atoms with Crippen LogP contribution in [0.25, 0.3) is 11.0 Å². The number of rotatable bonds is 3. The largest absolute Gasteiger partial charge is 0.351 e. The van der Waals surface area contributed by atoms with Crippen molar-refractivity contribution in [1.82, 2.24) is 24.5 Å². The average Bonchev–Trinajstić information content (AvgIpc) is 3.28. The van der Waals surface area contributed by atoms with Gasteiger partial charge in [-0.1, -0.05) is 17.3 Å². The zero-order valence-corrected chi connectivity index (χ0v) is 14.9. The summed E-state index contributed by atoms with van der Waals surface area (Å²) in [5.74, 6) is 0.204. The summed E-state index contributed by atoms with van der Waals surface area (Å²) in [4.78, 5) is 31.8. The zero-order chi connectivity index (χ0) is 18.4. The fourth-order valence-corrected chi connectivity index (χ4v) is 4.28. The number of amides is 1. The first kappa shape index (κ1) is 16.3. The van der Waals surface area contributed by atoms with Crippen molar-refractivity contribution in [1.29, 1.82) is 0 Å². The minimum absolute atomic E-state index is 0.0258. The molecule has 4 heterocycles. The van der Waals surface area contributed by atoms with Crippen LogP contribution in [0.3, 0.4) is 0 Å². The summed E-state index contributed by atoms with van der Waals surface area (Å²) in [5, 5.41) is 3.59. The number of carbonyl (C=O) groups excluding carboxylic acids is 1. The van der Waals surface area contributed by atoms with E-state index >= 15 is 0 Å². The van der Waals surface area contributed by atoms with Gasteiger partial charge >= 0.3 is 5.69 Å². The Morgan fingerprint density at radius 2 is 1.89 bits per heavy atom. The van der Waals surface area contributed by atoms with E-state index in [9.17, 15) is 9.59 Å². The second kappa shape index (κ2) is 6.38. The lowest BCUT2D eigenvalue weighted by Crippen LogP contribution is -2.62. The highest BCUT2D eigenvalue weighted by Gasteiger charge is 2.38. The van der Waals surface area contributed by atoms with Crippen LogP contribution in [-0.2, 0) is 0 Å². The Bertz CT molecular complexity index is 1010. The van der Waals surface area contributed by atoms with Gasteiger partial charge < -0.3 is 14.4 Å². The maximum absolute atomic E-state index is 12.4. The molecule has 1 N–H and O–H groups in total. The number of likely N-dealkylation sites (tertiary alicyclic amines) is 2. The molecule has 0 unspecified atom stereocenters. The number of nitrogens with zero attached hydrogens (tertiary/aromatic N) is 4. The van der Waals surface area contributed by atoms with Gasteiger partial charge in [-0.3, -0.25) is 14.3 Å². The molecule has 2 aliphatic heterocycles. The van der Waals surface area contributed by atoms with Gasteiger partial charge in [0, 0.05) is 44.3 Å². The summed E-state index contributed by atoms with van der Waals surface area (Å²) >= 11 is 0. The number of aromatic nitrogens is 3. The van der Waals surface area contributed by atoms with E-state index in [0.29, 0.717) is 11.8 Å². The van der Waals surface area contributed by atoms with Gasteiger partial charge in [0.1, 0.15) is 0 Å². The van der Waals surface area contributed by atoms with Crippen LogP contribution in [0, 0.1) is 0 Å². The quantitative estimate of drug-likeness (QED) is 0.758. The standard InChI is InChI=1S/C19H21N5O3/c25-18(17-5-8-20-27-17)23-11-14(12-23)22-9-6-13(7-10-22)24-16-4-2-1-3-15(16)21-19(24)26/h1-5,8,13-14H,6-7,9-12H2,(H,21,26). The van der Waals surface area contributed by atoms with Crippen LogP contribution in [0.1, 0.15) is 29.4 Å². The fourth-order valence-electron chi connectivity index (χ4n) is 4.28. The maximum atomic E-state index is 12.4. The third-order valence-corrected chi connectivity index (χ3v) is 5.80. The van der Waals surface area contributed by atoms with Crippen LogP contribution in [0.15, 0.2) is 45.8 Å². The summed E-state index contributed by atoms with van der Waals surface area (Å²) < 4.78 is 6.85. The molecule has 0 bridgehead atoms. The smallest absolute Gasteiger partial charge is 0.326 e. The lowest BCUT2D eigenvalue weighted by Gasteiger charge is -2.47. The molecule has 3 aromatic rings. The summed E-state index contributed by atoms with van der Waals surface area (Å²) in [7, 11) is 0. The SMILES string of the molecule is O=C(c1ccno1)N1CC(N2CCC(n3c(=O)[nH]c4ccccc43)CC2)C1. The highest BCUT2D eigenvalue weighted by atomic mass is 16.5. The van der Waals surface area contributed by atoms with Gasteiger partial charge in [0.25, 0.3) is 5.91 Å². The van der Waals surface area contributed by atoms with Crippen molar-refractivity contribution < 1.29 is 9.32 Å². The molecule has 0 saturated carbocycles. The third-order valence-electron chi connectivity index (χ3n) is 5.80. The predicted molar refractivity (Wildman–Crippen MR) is 98.6 cm³/mol. The molecule has 1 aromatic carbocycles. The summed E-state index contributed by atoms with van der Waals surface area (Å²) in [5.41, 5.74) is 1.85. The van der Waals surface area contributed by atoms with Crippen LogP contribution in [0.4, 0.5) is 0 Å². The van der Waals surface area contributed by atoms with Gasteiger partial charge in [-0.2, -0.15) is 0 Å². The molecule has 140 valence electrons. The average molecular weight is 367 g/mol. The molecule has 0 aliphatic carbocycles. The van der Waals surface area contributed by atoms with Crippen molar-refractivity contribution in [3.05, 3.63) is 52.8 Å². The number of carbonyl (C=O) groups is 1. The Hall–Kier alpha value is -2.87. The van der Waals surface area contributed by atoms with Crippen LogP contribution < -0.4 is 5.69 Å². The molecular formula is C19H21N5O3. The Kier molecular flexibility index (Phi) is 3.86. The number of fused-ring (bicyclic) bond motifs is 1. The highest BCUT2D eigenvalue weighted by molar-refractivity contribution is 5.91. The molecule has 5 rings (SSSR count). The first-order chi connectivity index (χ1) is 13.2. The Balaban J connectivity index is 1.21. The minimum Gasteiger partial charge on any atom is -0.351 e. The van der Waals surface area contributed by atoms with E-state index in [0.717, 1.165) is 50.1 Å². The predicted octanol–water partition coefficient (Wildman–Crippen LogP) is 1.48. The van der Waals surface area contributed by atoms with Gasteiger partial charge in [-0.25, -0.2) is 4.79 Å². The molecule has 0 atom stereocenters. The molecular weight excluding hydrogens is 346 g/mol. The summed E-state index contributed by atoms with van der Waals surface area (Å²) in [6.45, 7) is 3.31. The molecule has 0 radical (unpaired) electrons. The summed E-state index contributed by atoms with van der Waals surface area (Å²) in [6.07, 6.45) is 3.37. The number of hydrogen-bond acceptors (Lipinski definition) is 5. The number of aromatic amines is 1. The first-order valence-electron chi connectivity index (χ1n) is 9.34. The maximum Gasteiger partial charge on any atom is 0.326 e. The molecule has 2 fully saturated rings. The van der Waals surface area contributed by atoms with Crippen molar-refractivity contribution in [3.63, 3.8) is 0 Å². The second-order valence-electron chi connectivity index (χ2n) is 7.33. The van der Waals surface area contributed by atoms with E-state index in [1.807, 2.05) is 28.8 Å². The van der Waals surface area contributed by atoms with E-state index in [-0.39, 0.29) is 17.6 Å². The monoisotopic (exact) mass is 367 g/mol. The Morgan fingerprint density at radius 3 is 2.63 bits per heavy atom. The number of para-hydroxylation sites is 2. The number of benzene rings is 1. The van der Waals surface area contributed by atoms with Crippen molar-refractivity contribution in [3.8, 4) is 0 Å². The minimum atomic E-state index is -0.0935. The highest BCUT2D eigenvalue weighted by Crippen LogP contribution is 2.28. The van der Waals surface area contributed by atoms with E-state index < -0.39 is 0 Å². The van der Waals surface area contributed by atoms with Crippen molar-refractivity contribution in [2.75, 3.05) is 26.2 Å². The van der Waals surface area contributed by atoms with Crippen molar-refractivity contribution in [2.45, 2.75) is 24.9 Å². The van der Waals surface area contributed by atoms with Gasteiger partial charge in [0.05, 0.1) is 17.2 Å². The fraction of sp³-hybridized carbons (Fsp3) is 0.421. The number of nitrogens with one attached hydrogen (secondary N) is 1. The van der Waals surface area contributed by atoms with E-state index in [4.69, 9.17) is 4.52 Å². The molecule has 1 amide bonds. The molecule has 8 nitrogen and oxygen atoms in total. The Morgan fingerprint density at radius 1 is 1.11 bits per heavy atom. The van der Waals surface area contributed by atoms with Crippen LogP contribution in [0.2, 0.25) is 0 Å². The lowest BCUT2D eigenvalue weighted by atomic mass is 9.99. The van der Waals surface area contributed by atoms with Crippen LogP contribution in [-0.4, -0.2) is 62.6 Å². The molecule has 2 saturated heterocycles. The lowest BCUT2D eigenvalue weighted by molar-refractivity contribution is 0.0128. The van der Waals surface area contributed by atoms with Crippen molar-refractivity contribution in [2.24, 2.45) is 0 Å². The van der Waals surface area contributed by atoms with Gasteiger partial charge in [-0.05, 0) is 25.0 Å². The number of imidazole rings is 1.